The molecule has 0 unspecified atom stereocenters. The Morgan fingerprint density at radius 1 is 1.20 bits per heavy atom. The second-order valence-corrected chi connectivity index (χ2v) is 5.03. The highest BCUT2D eigenvalue weighted by atomic mass is 16.3. The van der Waals surface area contributed by atoms with Crippen LogP contribution in [-0.2, 0) is 7.05 Å². The molecule has 0 aliphatic rings. The summed E-state index contributed by atoms with van der Waals surface area (Å²) in [6.45, 7) is 4.03. The minimum Gasteiger partial charge on any atom is -0.435 e. The van der Waals surface area contributed by atoms with Crippen LogP contribution in [0.1, 0.15) is 11.4 Å². The van der Waals surface area contributed by atoms with Crippen LogP contribution in [0.5, 0.6) is 0 Å². The molecule has 4 aromatic rings. The zero-order valence-electron chi connectivity index (χ0n) is 11.6. The Kier molecular flexibility index (Phi) is 2.10. The second-order valence-electron chi connectivity index (χ2n) is 5.03. The number of furan rings is 1. The Morgan fingerprint density at radius 2 is 2.05 bits per heavy atom. The molecule has 0 bridgehead atoms. The third-order valence-corrected chi connectivity index (χ3v) is 3.79. The lowest BCUT2D eigenvalue weighted by Crippen LogP contribution is -1.98. The summed E-state index contributed by atoms with van der Waals surface area (Å²) in [4.78, 5) is 4.59. The molecule has 0 spiro atoms. The number of rotatable bonds is 1. The smallest absolute Gasteiger partial charge is 0.228 e. The first kappa shape index (κ1) is 11.3. The van der Waals surface area contributed by atoms with Crippen molar-refractivity contribution in [3.63, 3.8) is 0 Å². The average Bonchev–Trinajstić information content (AvgIpc) is 3.10. The van der Waals surface area contributed by atoms with Crippen LogP contribution in [0.15, 0.2) is 35.0 Å². The van der Waals surface area contributed by atoms with Gasteiger partial charge in [0.25, 0.3) is 0 Å². The first-order valence-electron chi connectivity index (χ1n) is 6.52. The number of fused-ring (bicyclic) bond motifs is 3. The van der Waals surface area contributed by atoms with Crippen molar-refractivity contribution in [1.82, 2.24) is 19.3 Å². The molecule has 3 heterocycles. The molecule has 20 heavy (non-hydrogen) atoms. The lowest BCUT2D eigenvalue weighted by Gasteiger charge is -2.06. The van der Waals surface area contributed by atoms with E-state index in [-0.39, 0.29) is 0 Å². The van der Waals surface area contributed by atoms with Crippen LogP contribution >= 0.6 is 0 Å². The van der Waals surface area contributed by atoms with Gasteiger partial charge in [-0.3, -0.25) is 0 Å². The van der Waals surface area contributed by atoms with Gasteiger partial charge in [-0.2, -0.15) is 5.10 Å². The van der Waals surface area contributed by atoms with Gasteiger partial charge in [0.05, 0.1) is 5.39 Å². The topological polar surface area (TPSA) is 48.8 Å². The Hall–Kier alpha value is -2.56. The van der Waals surface area contributed by atoms with Crippen molar-refractivity contribution in [1.29, 1.82) is 0 Å². The summed E-state index contributed by atoms with van der Waals surface area (Å²) >= 11 is 0. The Labute approximate surface area is 115 Å². The summed E-state index contributed by atoms with van der Waals surface area (Å²) in [5, 5.41) is 5.35. The van der Waals surface area contributed by atoms with Crippen molar-refractivity contribution in [3.05, 3.63) is 42.0 Å². The molecule has 0 N–H and O–H groups in total. The van der Waals surface area contributed by atoms with Gasteiger partial charge in [0, 0.05) is 19.4 Å². The number of aryl methyl sites for hydroxylation is 3. The summed E-state index contributed by atoms with van der Waals surface area (Å²) in [7, 11) is 1.97. The summed E-state index contributed by atoms with van der Waals surface area (Å²) in [6.07, 6.45) is 3.69. The van der Waals surface area contributed by atoms with E-state index in [1.807, 2.05) is 35.5 Å². The number of hydrogen-bond donors (Lipinski definition) is 0. The van der Waals surface area contributed by atoms with E-state index in [0.29, 0.717) is 0 Å². The van der Waals surface area contributed by atoms with Crippen molar-refractivity contribution in [2.45, 2.75) is 13.8 Å². The van der Waals surface area contributed by atoms with Crippen molar-refractivity contribution in [3.8, 4) is 5.69 Å². The highest BCUT2D eigenvalue weighted by Gasteiger charge is 2.18. The summed E-state index contributed by atoms with van der Waals surface area (Å²) in [6, 6.07) is 6.05. The zero-order chi connectivity index (χ0) is 13.9. The van der Waals surface area contributed by atoms with E-state index in [2.05, 4.69) is 29.1 Å². The van der Waals surface area contributed by atoms with E-state index in [1.165, 1.54) is 0 Å². The van der Waals surface area contributed by atoms with E-state index in [4.69, 9.17) is 4.42 Å². The molecule has 0 aliphatic heterocycles. The normalized spacial score (nSPS) is 11.8. The molecule has 0 amide bonds. The van der Waals surface area contributed by atoms with Crippen molar-refractivity contribution >= 4 is 22.2 Å². The Morgan fingerprint density at radius 3 is 2.80 bits per heavy atom. The number of nitrogens with zero attached hydrogens (tertiary/aromatic N) is 4. The first-order chi connectivity index (χ1) is 9.66. The molecule has 1 aromatic carbocycles. The number of imidazole rings is 1. The van der Waals surface area contributed by atoms with Gasteiger partial charge in [-0.05, 0) is 31.5 Å². The molecule has 0 fully saturated rings. The molecular weight excluding hydrogens is 252 g/mol. The van der Waals surface area contributed by atoms with Gasteiger partial charge < -0.3 is 8.98 Å². The lowest BCUT2D eigenvalue weighted by atomic mass is 10.1. The SMILES string of the molecule is Cc1ccc2c(oc3c2nc(C)n3C)c1-n1cccn1. The van der Waals surface area contributed by atoms with Crippen LogP contribution in [0, 0.1) is 13.8 Å². The largest absolute Gasteiger partial charge is 0.435 e. The van der Waals surface area contributed by atoms with Gasteiger partial charge in [-0.1, -0.05) is 6.07 Å². The Balaban J connectivity index is 2.18. The van der Waals surface area contributed by atoms with E-state index in [9.17, 15) is 0 Å². The predicted molar refractivity (Wildman–Crippen MR) is 77.1 cm³/mol. The van der Waals surface area contributed by atoms with Crippen LogP contribution < -0.4 is 0 Å². The second kappa shape index (κ2) is 3.72. The highest BCUT2D eigenvalue weighted by molar-refractivity contribution is 6.05. The number of aromatic nitrogens is 4. The quantitative estimate of drug-likeness (QED) is 0.532. The molecule has 5 nitrogen and oxygen atoms in total. The van der Waals surface area contributed by atoms with Crippen LogP contribution in [0.3, 0.4) is 0 Å². The van der Waals surface area contributed by atoms with E-state index >= 15 is 0 Å². The van der Waals surface area contributed by atoms with Crippen molar-refractivity contribution in [2.24, 2.45) is 7.05 Å². The van der Waals surface area contributed by atoms with Crippen LogP contribution in [0.4, 0.5) is 0 Å². The first-order valence-corrected chi connectivity index (χ1v) is 6.52. The zero-order valence-corrected chi connectivity index (χ0v) is 11.6. The van der Waals surface area contributed by atoms with E-state index in [0.717, 1.165) is 39.3 Å². The van der Waals surface area contributed by atoms with Crippen molar-refractivity contribution < 1.29 is 4.42 Å². The summed E-state index contributed by atoms with van der Waals surface area (Å²) in [5.41, 5.74) is 4.65. The van der Waals surface area contributed by atoms with Gasteiger partial charge in [0.1, 0.15) is 17.0 Å². The van der Waals surface area contributed by atoms with Gasteiger partial charge in [-0.15, -0.1) is 0 Å². The molecular formula is C15H14N4O. The molecule has 4 rings (SSSR count). The molecule has 100 valence electrons. The van der Waals surface area contributed by atoms with Gasteiger partial charge in [0.15, 0.2) is 5.58 Å². The van der Waals surface area contributed by atoms with Gasteiger partial charge in [0.2, 0.25) is 5.71 Å². The van der Waals surface area contributed by atoms with Crippen molar-refractivity contribution in [2.75, 3.05) is 0 Å². The summed E-state index contributed by atoms with van der Waals surface area (Å²) in [5.74, 6) is 0.946. The fourth-order valence-electron chi connectivity index (χ4n) is 2.62. The lowest BCUT2D eigenvalue weighted by molar-refractivity contribution is 0.620. The monoisotopic (exact) mass is 266 g/mol. The maximum absolute atomic E-state index is 6.08. The molecule has 0 radical (unpaired) electrons. The summed E-state index contributed by atoms with van der Waals surface area (Å²) < 4.78 is 9.89. The number of benzene rings is 1. The van der Waals surface area contributed by atoms with E-state index in [1.54, 1.807) is 6.20 Å². The third-order valence-electron chi connectivity index (χ3n) is 3.79. The molecule has 0 saturated heterocycles. The fourth-order valence-corrected chi connectivity index (χ4v) is 2.62. The molecule has 0 atom stereocenters. The van der Waals surface area contributed by atoms with Crippen LogP contribution in [0.2, 0.25) is 0 Å². The maximum Gasteiger partial charge on any atom is 0.228 e. The predicted octanol–water partition coefficient (Wildman–Crippen LogP) is 3.12. The molecule has 5 heteroatoms. The third kappa shape index (κ3) is 1.32. The van der Waals surface area contributed by atoms with E-state index < -0.39 is 0 Å². The molecule has 0 saturated carbocycles. The molecule has 3 aromatic heterocycles. The number of hydrogen-bond acceptors (Lipinski definition) is 3. The standard InChI is InChI=1S/C15H14N4O/c1-9-5-6-11-12-15(18(3)10(2)17-12)20-14(11)13(9)19-8-4-7-16-19/h4-8H,1-3H3. The van der Waals surface area contributed by atoms with Crippen LogP contribution in [0.25, 0.3) is 27.9 Å². The van der Waals surface area contributed by atoms with Gasteiger partial charge in [-0.25, -0.2) is 9.67 Å². The highest BCUT2D eigenvalue weighted by Crippen LogP contribution is 2.33. The maximum atomic E-state index is 6.08. The fraction of sp³-hybridized carbons (Fsp3) is 0.200. The van der Waals surface area contributed by atoms with Crippen LogP contribution in [-0.4, -0.2) is 19.3 Å². The average molecular weight is 266 g/mol. The minimum atomic E-state index is 0.802. The Bertz CT molecular complexity index is 928. The molecule has 0 aliphatic carbocycles. The van der Waals surface area contributed by atoms with Gasteiger partial charge >= 0.3 is 0 Å². The minimum absolute atomic E-state index is 0.802.